The monoisotopic (exact) mass is 354 g/mol. The molecule has 0 saturated carbocycles. The molecule has 1 amide bonds. The van der Waals surface area contributed by atoms with Crippen molar-refractivity contribution in [3.05, 3.63) is 29.3 Å². The van der Waals surface area contributed by atoms with E-state index in [1.54, 1.807) is 0 Å². The van der Waals surface area contributed by atoms with Gasteiger partial charge in [0.1, 0.15) is 12.4 Å². The van der Waals surface area contributed by atoms with Gasteiger partial charge in [0.2, 0.25) is 15.9 Å². The molecule has 1 aromatic carbocycles. The molecule has 7 heteroatoms. The van der Waals surface area contributed by atoms with Crippen LogP contribution in [-0.4, -0.2) is 51.1 Å². The predicted molar refractivity (Wildman–Crippen MR) is 93.6 cm³/mol. The number of sulfonamides is 1. The Morgan fingerprint density at radius 2 is 1.96 bits per heavy atom. The first-order valence-corrected chi connectivity index (χ1v) is 10.0. The lowest BCUT2D eigenvalue weighted by Crippen LogP contribution is -2.45. The minimum absolute atomic E-state index is 0.104. The Labute approximate surface area is 144 Å². The normalized spacial score (nSPS) is 19.0. The van der Waals surface area contributed by atoms with Crippen molar-refractivity contribution >= 4 is 15.9 Å². The van der Waals surface area contributed by atoms with Crippen LogP contribution < -0.4 is 10.1 Å². The smallest absolute Gasteiger partial charge is 0.224 e. The summed E-state index contributed by atoms with van der Waals surface area (Å²) in [4.78, 5) is 12.2. The van der Waals surface area contributed by atoms with Crippen molar-refractivity contribution in [2.45, 2.75) is 26.7 Å². The summed E-state index contributed by atoms with van der Waals surface area (Å²) in [6.45, 7) is 5.58. The van der Waals surface area contributed by atoms with Crippen LogP contribution in [0.1, 0.15) is 24.0 Å². The summed E-state index contributed by atoms with van der Waals surface area (Å²) in [5, 5.41) is 2.84. The fourth-order valence-corrected chi connectivity index (χ4v) is 3.87. The van der Waals surface area contributed by atoms with E-state index in [-0.39, 0.29) is 18.4 Å². The fourth-order valence-electron chi connectivity index (χ4n) is 2.96. The van der Waals surface area contributed by atoms with Gasteiger partial charge in [-0.1, -0.05) is 6.07 Å². The van der Waals surface area contributed by atoms with Crippen LogP contribution in [0.15, 0.2) is 18.2 Å². The number of hydrogen-bond acceptors (Lipinski definition) is 4. The Morgan fingerprint density at radius 1 is 1.29 bits per heavy atom. The third-order valence-electron chi connectivity index (χ3n) is 4.09. The number of nitrogens with one attached hydrogen (secondary N) is 1. The molecule has 2 rings (SSSR count). The number of benzene rings is 1. The van der Waals surface area contributed by atoms with Crippen molar-refractivity contribution in [2.75, 3.05) is 32.5 Å². The van der Waals surface area contributed by atoms with Gasteiger partial charge in [-0.25, -0.2) is 12.7 Å². The van der Waals surface area contributed by atoms with Gasteiger partial charge in [0.15, 0.2) is 0 Å². The van der Waals surface area contributed by atoms with Crippen LogP contribution in [0.3, 0.4) is 0 Å². The number of amides is 1. The average Bonchev–Trinajstić information content (AvgIpc) is 2.50. The second kappa shape index (κ2) is 7.98. The highest BCUT2D eigenvalue weighted by atomic mass is 32.2. The van der Waals surface area contributed by atoms with Crippen molar-refractivity contribution in [3.63, 3.8) is 0 Å². The van der Waals surface area contributed by atoms with Crippen LogP contribution in [0.5, 0.6) is 5.75 Å². The summed E-state index contributed by atoms with van der Waals surface area (Å²) >= 11 is 0. The molecule has 134 valence electrons. The van der Waals surface area contributed by atoms with Crippen molar-refractivity contribution in [1.29, 1.82) is 0 Å². The molecule has 1 atom stereocenters. The molecule has 1 fully saturated rings. The van der Waals surface area contributed by atoms with E-state index in [0.29, 0.717) is 26.1 Å². The summed E-state index contributed by atoms with van der Waals surface area (Å²) in [6, 6.07) is 5.99. The van der Waals surface area contributed by atoms with Crippen LogP contribution in [0.2, 0.25) is 0 Å². The van der Waals surface area contributed by atoms with E-state index in [4.69, 9.17) is 4.74 Å². The number of carbonyl (C=O) groups is 1. The molecule has 1 N–H and O–H groups in total. The molecular formula is C17H26N2O4S. The number of rotatable bonds is 6. The van der Waals surface area contributed by atoms with Gasteiger partial charge < -0.3 is 10.1 Å². The van der Waals surface area contributed by atoms with Gasteiger partial charge in [-0.15, -0.1) is 0 Å². The van der Waals surface area contributed by atoms with Crippen molar-refractivity contribution in [3.8, 4) is 5.75 Å². The SMILES string of the molecule is Cc1cc(C)cc(OCCNC(=O)C2CCCN(S(C)(=O)=O)C2)c1. The number of piperidine rings is 1. The standard InChI is InChI=1S/C17H26N2O4S/c1-13-9-14(2)11-16(10-13)23-8-6-18-17(20)15-5-4-7-19(12-15)24(3,21)22/h9-11,15H,4-8,12H2,1-3H3,(H,18,20). The summed E-state index contributed by atoms with van der Waals surface area (Å²) < 4.78 is 30.2. The molecule has 6 nitrogen and oxygen atoms in total. The molecule has 1 aliphatic rings. The zero-order chi connectivity index (χ0) is 17.7. The summed E-state index contributed by atoms with van der Waals surface area (Å²) in [5.74, 6) is 0.407. The third-order valence-corrected chi connectivity index (χ3v) is 5.36. The van der Waals surface area contributed by atoms with E-state index in [1.165, 1.54) is 10.6 Å². The van der Waals surface area contributed by atoms with Crippen LogP contribution >= 0.6 is 0 Å². The van der Waals surface area contributed by atoms with Gasteiger partial charge in [-0.3, -0.25) is 4.79 Å². The highest BCUT2D eigenvalue weighted by Gasteiger charge is 2.29. The summed E-state index contributed by atoms with van der Waals surface area (Å²) in [7, 11) is -3.23. The summed E-state index contributed by atoms with van der Waals surface area (Å²) in [6.07, 6.45) is 2.62. The molecule has 0 aromatic heterocycles. The largest absolute Gasteiger partial charge is 0.492 e. The first-order chi connectivity index (χ1) is 11.3. The molecule has 0 spiro atoms. The Kier molecular flexibility index (Phi) is 6.23. The van der Waals surface area contributed by atoms with Gasteiger partial charge in [0.25, 0.3) is 0 Å². The Bertz CT molecular complexity index is 668. The first-order valence-electron chi connectivity index (χ1n) is 8.19. The Hall–Kier alpha value is -1.60. The number of nitrogens with zero attached hydrogens (tertiary/aromatic N) is 1. The minimum Gasteiger partial charge on any atom is -0.492 e. The van der Waals surface area contributed by atoms with Gasteiger partial charge >= 0.3 is 0 Å². The minimum atomic E-state index is -3.23. The molecule has 0 aliphatic carbocycles. The highest BCUT2D eigenvalue weighted by Crippen LogP contribution is 2.19. The van der Waals surface area contributed by atoms with E-state index in [2.05, 4.69) is 11.4 Å². The maximum absolute atomic E-state index is 12.2. The maximum Gasteiger partial charge on any atom is 0.224 e. The van der Waals surface area contributed by atoms with E-state index < -0.39 is 10.0 Å². The number of carbonyl (C=O) groups excluding carboxylic acids is 1. The van der Waals surface area contributed by atoms with Crippen LogP contribution in [0.4, 0.5) is 0 Å². The molecular weight excluding hydrogens is 328 g/mol. The second-order valence-electron chi connectivity index (χ2n) is 6.42. The molecule has 0 bridgehead atoms. The predicted octanol–water partition coefficient (Wildman–Crippen LogP) is 1.47. The van der Waals surface area contributed by atoms with E-state index >= 15 is 0 Å². The van der Waals surface area contributed by atoms with E-state index in [1.807, 2.05) is 26.0 Å². The van der Waals surface area contributed by atoms with E-state index in [9.17, 15) is 13.2 Å². The fraction of sp³-hybridized carbons (Fsp3) is 0.588. The zero-order valence-electron chi connectivity index (χ0n) is 14.5. The van der Waals surface area contributed by atoms with Gasteiger partial charge in [0.05, 0.1) is 18.7 Å². The molecule has 1 unspecified atom stereocenters. The zero-order valence-corrected chi connectivity index (χ0v) is 15.4. The molecule has 24 heavy (non-hydrogen) atoms. The van der Waals surface area contributed by atoms with Crippen molar-refractivity contribution in [2.24, 2.45) is 5.92 Å². The van der Waals surface area contributed by atoms with E-state index in [0.717, 1.165) is 23.3 Å². The highest BCUT2D eigenvalue weighted by molar-refractivity contribution is 7.88. The number of hydrogen-bond donors (Lipinski definition) is 1. The first kappa shape index (κ1) is 18.7. The second-order valence-corrected chi connectivity index (χ2v) is 8.41. The maximum atomic E-state index is 12.2. The lowest BCUT2D eigenvalue weighted by atomic mass is 9.99. The van der Waals surface area contributed by atoms with Crippen LogP contribution in [0, 0.1) is 19.8 Å². The Morgan fingerprint density at radius 3 is 2.58 bits per heavy atom. The quantitative estimate of drug-likeness (QED) is 0.785. The van der Waals surface area contributed by atoms with Gasteiger partial charge in [0, 0.05) is 13.1 Å². The molecule has 1 saturated heterocycles. The number of ether oxygens (including phenoxy) is 1. The average molecular weight is 354 g/mol. The van der Waals surface area contributed by atoms with Gasteiger partial charge in [-0.05, 0) is 49.9 Å². The molecule has 1 aliphatic heterocycles. The molecule has 1 aromatic rings. The topological polar surface area (TPSA) is 75.7 Å². The van der Waals surface area contributed by atoms with Gasteiger partial charge in [-0.2, -0.15) is 0 Å². The van der Waals surface area contributed by atoms with Crippen LogP contribution in [-0.2, 0) is 14.8 Å². The lowest BCUT2D eigenvalue weighted by Gasteiger charge is -2.30. The molecule has 0 radical (unpaired) electrons. The number of aryl methyl sites for hydroxylation is 2. The van der Waals surface area contributed by atoms with Crippen molar-refractivity contribution in [1.82, 2.24) is 9.62 Å². The third kappa shape index (κ3) is 5.49. The van der Waals surface area contributed by atoms with Crippen LogP contribution in [0.25, 0.3) is 0 Å². The molecule has 1 heterocycles. The van der Waals surface area contributed by atoms with Crippen molar-refractivity contribution < 1.29 is 17.9 Å². The summed E-state index contributed by atoms with van der Waals surface area (Å²) in [5.41, 5.74) is 2.27. The Balaban J connectivity index is 1.76. The lowest BCUT2D eigenvalue weighted by molar-refractivity contribution is -0.126.